The third-order valence-corrected chi connectivity index (χ3v) is 2.74. The minimum Gasteiger partial charge on any atom is -0.353 e. The smallest absolute Gasteiger partial charge is 0.342 e. The maximum atomic E-state index is 13.3. The summed E-state index contributed by atoms with van der Waals surface area (Å²) in [6.45, 7) is 1.46. The van der Waals surface area contributed by atoms with Crippen molar-refractivity contribution in [2.75, 3.05) is 5.32 Å². The molecule has 4 N–H and O–H groups in total. The van der Waals surface area contributed by atoms with Gasteiger partial charge in [-0.2, -0.15) is 5.10 Å². The Morgan fingerprint density at radius 1 is 1.39 bits per heavy atom. The fourth-order valence-corrected chi connectivity index (χ4v) is 1.56. The average Bonchev–Trinajstić information content (AvgIpc) is 2.51. The molecule has 9 nitrogen and oxygen atoms in total. The number of aromatic nitrogens is 3. The minimum atomic E-state index is -0.868. The van der Waals surface area contributed by atoms with Crippen LogP contribution in [0.2, 0.25) is 0 Å². The van der Waals surface area contributed by atoms with Gasteiger partial charge in [0.05, 0.1) is 6.21 Å². The van der Waals surface area contributed by atoms with E-state index in [0.717, 1.165) is 6.21 Å². The van der Waals surface area contributed by atoms with Gasteiger partial charge in [-0.1, -0.05) is 18.2 Å². The van der Waals surface area contributed by atoms with Gasteiger partial charge in [-0.3, -0.25) is 14.6 Å². The summed E-state index contributed by atoms with van der Waals surface area (Å²) in [5.41, 5.74) is 0.895. The molecule has 0 aliphatic carbocycles. The molecule has 0 radical (unpaired) electrons. The van der Waals surface area contributed by atoms with Gasteiger partial charge in [-0.25, -0.2) is 19.7 Å². The van der Waals surface area contributed by atoms with Crippen molar-refractivity contribution in [3.8, 4) is 0 Å². The molecule has 1 amide bonds. The first-order valence-electron chi connectivity index (χ1n) is 6.50. The van der Waals surface area contributed by atoms with Gasteiger partial charge in [0.2, 0.25) is 5.82 Å². The second kappa shape index (κ2) is 7.11. The summed E-state index contributed by atoms with van der Waals surface area (Å²) in [5.74, 6) is -1.27. The van der Waals surface area contributed by atoms with Gasteiger partial charge < -0.3 is 5.32 Å². The Balaban J connectivity index is 1.96. The number of hydrogen-bond donors (Lipinski definition) is 4. The van der Waals surface area contributed by atoms with Crippen molar-refractivity contribution in [1.29, 1.82) is 0 Å². The molecule has 2 rings (SSSR count). The Morgan fingerprint density at radius 3 is 2.83 bits per heavy atom. The van der Waals surface area contributed by atoms with Crippen molar-refractivity contribution in [2.24, 2.45) is 5.10 Å². The molecule has 120 valence electrons. The summed E-state index contributed by atoms with van der Waals surface area (Å²) in [6.07, 6.45) is 1.16. The normalized spacial score (nSPS) is 12.1. The Hall–Kier alpha value is -3.30. The van der Waals surface area contributed by atoms with E-state index in [9.17, 15) is 18.8 Å². The molecule has 1 unspecified atom stereocenters. The van der Waals surface area contributed by atoms with Crippen LogP contribution in [0.3, 0.4) is 0 Å². The first-order chi connectivity index (χ1) is 11.0. The molecule has 10 heteroatoms. The van der Waals surface area contributed by atoms with Gasteiger partial charge in [0, 0.05) is 5.56 Å². The molecule has 0 saturated carbocycles. The monoisotopic (exact) mass is 320 g/mol. The number of hydrazone groups is 1. The molecule has 1 atom stereocenters. The van der Waals surface area contributed by atoms with E-state index in [1.165, 1.54) is 25.1 Å². The summed E-state index contributed by atoms with van der Waals surface area (Å²) in [7, 11) is 0. The number of carbonyl (C=O) groups excluding carboxylic acids is 1. The number of nitrogens with one attached hydrogen (secondary N) is 4. The summed E-state index contributed by atoms with van der Waals surface area (Å²) >= 11 is 0. The van der Waals surface area contributed by atoms with E-state index in [1.807, 2.05) is 10.1 Å². The quantitative estimate of drug-likeness (QED) is 0.437. The lowest BCUT2D eigenvalue weighted by Crippen LogP contribution is -2.38. The number of rotatable bonds is 5. The SMILES string of the molecule is CC(Nc1n[nH]c(=O)[nH]c1=O)C(=O)N/N=C/c1ccccc1F. The summed E-state index contributed by atoms with van der Waals surface area (Å²) < 4.78 is 13.3. The molecule has 1 aromatic heterocycles. The average molecular weight is 320 g/mol. The van der Waals surface area contributed by atoms with Gasteiger partial charge >= 0.3 is 5.69 Å². The number of aromatic amines is 2. The van der Waals surface area contributed by atoms with Crippen LogP contribution >= 0.6 is 0 Å². The highest BCUT2D eigenvalue weighted by molar-refractivity contribution is 5.86. The summed E-state index contributed by atoms with van der Waals surface area (Å²) in [5, 5.41) is 11.7. The predicted octanol–water partition coefficient (Wildman–Crippen LogP) is -0.452. The summed E-state index contributed by atoms with van der Waals surface area (Å²) in [4.78, 5) is 36.0. The number of nitrogens with zero attached hydrogens (tertiary/aromatic N) is 2. The number of H-pyrrole nitrogens is 2. The highest BCUT2D eigenvalue weighted by Crippen LogP contribution is 2.02. The largest absolute Gasteiger partial charge is 0.353 e. The van der Waals surface area contributed by atoms with Crippen LogP contribution in [0.4, 0.5) is 10.2 Å². The van der Waals surface area contributed by atoms with Crippen LogP contribution < -0.4 is 22.0 Å². The van der Waals surface area contributed by atoms with Gasteiger partial charge in [-0.15, -0.1) is 5.10 Å². The molecule has 1 heterocycles. The van der Waals surface area contributed by atoms with Gasteiger partial charge in [0.1, 0.15) is 11.9 Å². The zero-order chi connectivity index (χ0) is 16.8. The third-order valence-electron chi connectivity index (χ3n) is 2.74. The standard InChI is InChI=1S/C13H13FN6O3/c1-7(16-10-12(22)17-13(23)20-18-10)11(21)19-15-6-8-4-2-3-5-9(8)14/h2-7H,1H3,(H,16,18)(H,19,21)(H2,17,20,22,23)/b15-6+. The van der Waals surface area contributed by atoms with E-state index >= 15 is 0 Å². The number of anilines is 1. The van der Waals surface area contributed by atoms with Crippen LogP contribution in [0.5, 0.6) is 0 Å². The fourth-order valence-electron chi connectivity index (χ4n) is 1.56. The number of halogens is 1. The van der Waals surface area contributed by atoms with Crippen LogP contribution in [0.25, 0.3) is 0 Å². The highest BCUT2D eigenvalue weighted by atomic mass is 19.1. The van der Waals surface area contributed by atoms with Crippen LogP contribution in [0.1, 0.15) is 12.5 Å². The lowest BCUT2D eigenvalue weighted by atomic mass is 10.2. The van der Waals surface area contributed by atoms with E-state index in [1.54, 1.807) is 6.07 Å². The lowest BCUT2D eigenvalue weighted by Gasteiger charge is -2.11. The van der Waals surface area contributed by atoms with Gasteiger partial charge in [0.25, 0.3) is 11.5 Å². The molecule has 0 aliphatic heterocycles. The number of amides is 1. The lowest BCUT2D eigenvalue weighted by molar-refractivity contribution is -0.121. The number of benzene rings is 1. The molecule has 2 aromatic rings. The number of hydrogen-bond acceptors (Lipinski definition) is 6. The third kappa shape index (κ3) is 4.33. The minimum absolute atomic E-state index is 0.215. The molecular weight excluding hydrogens is 307 g/mol. The molecule has 23 heavy (non-hydrogen) atoms. The fraction of sp³-hybridized carbons (Fsp3) is 0.154. The molecule has 0 bridgehead atoms. The second-order valence-corrected chi connectivity index (χ2v) is 4.48. The topological polar surface area (TPSA) is 132 Å². The van der Waals surface area contributed by atoms with Crippen LogP contribution in [-0.2, 0) is 4.79 Å². The van der Waals surface area contributed by atoms with Crippen LogP contribution in [0, 0.1) is 5.82 Å². The van der Waals surface area contributed by atoms with Crippen LogP contribution in [0.15, 0.2) is 39.0 Å². The molecular formula is C13H13FN6O3. The van der Waals surface area contributed by atoms with E-state index < -0.39 is 29.0 Å². The zero-order valence-electron chi connectivity index (χ0n) is 12.0. The first-order valence-corrected chi connectivity index (χ1v) is 6.50. The molecule has 0 aliphatic rings. The van der Waals surface area contributed by atoms with Gasteiger partial charge in [-0.05, 0) is 13.0 Å². The predicted molar refractivity (Wildman–Crippen MR) is 80.7 cm³/mol. The Bertz CT molecular complexity index is 844. The Kier molecular flexibility index (Phi) is 4.97. The van der Waals surface area contributed by atoms with Crippen molar-refractivity contribution >= 4 is 17.9 Å². The van der Waals surface area contributed by atoms with Crippen LogP contribution in [-0.4, -0.2) is 33.3 Å². The zero-order valence-corrected chi connectivity index (χ0v) is 12.0. The van der Waals surface area contributed by atoms with E-state index in [-0.39, 0.29) is 11.4 Å². The van der Waals surface area contributed by atoms with E-state index in [2.05, 4.69) is 20.9 Å². The molecule has 0 saturated heterocycles. The van der Waals surface area contributed by atoms with Gasteiger partial charge in [0.15, 0.2) is 0 Å². The molecule has 0 spiro atoms. The maximum Gasteiger partial charge on any atom is 0.342 e. The van der Waals surface area contributed by atoms with E-state index in [4.69, 9.17) is 0 Å². The van der Waals surface area contributed by atoms with Crippen molar-refractivity contribution < 1.29 is 9.18 Å². The first kappa shape index (κ1) is 16.1. The Morgan fingerprint density at radius 2 is 2.13 bits per heavy atom. The molecule has 1 aromatic carbocycles. The highest BCUT2D eigenvalue weighted by Gasteiger charge is 2.14. The Labute approximate surface area is 128 Å². The van der Waals surface area contributed by atoms with Crippen molar-refractivity contribution in [3.05, 3.63) is 56.5 Å². The maximum absolute atomic E-state index is 13.3. The second-order valence-electron chi connectivity index (χ2n) is 4.48. The van der Waals surface area contributed by atoms with E-state index in [0.29, 0.717) is 0 Å². The van der Waals surface area contributed by atoms with Crippen molar-refractivity contribution in [3.63, 3.8) is 0 Å². The summed E-state index contributed by atoms with van der Waals surface area (Å²) in [6, 6.07) is 5.06. The number of carbonyl (C=O) groups is 1. The van der Waals surface area contributed by atoms with Crippen molar-refractivity contribution in [1.82, 2.24) is 20.6 Å². The van der Waals surface area contributed by atoms with Crippen molar-refractivity contribution in [2.45, 2.75) is 13.0 Å². The molecule has 0 fully saturated rings.